The Balaban J connectivity index is 1.86. The molecule has 26 heavy (non-hydrogen) atoms. The zero-order chi connectivity index (χ0) is 18.1. The van der Waals surface area contributed by atoms with Gasteiger partial charge in [-0.2, -0.15) is 0 Å². The maximum absolute atomic E-state index is 9.90. The molecule has 2 nitrogen and oxygen atoms in total. The smallest absolute Gasteiger partial charge is 0.138 e. The van der Waals surface area contributed by atoms with Gasteiger partial charge in [-0.3, -0.25) is 0 Å². The number of fused-ring (bicyclic) bond motifs is 2. The normalized spacial score (nSPS) is 11.5. The lowest BCUT2D eigenvalue weighted by Crippen LogP contribution is -1.88. The highest BCUT2D eigenvalue weighted by Crippen LogP contribution is 2.38. The summed E-state index contributed by atoms with van der Waals surface area (Å²) in [7, 11) is 0. The van der Waals surface area contributed by atoms with Crippen LogP contribution < -0.4 is 0 Å². The summed E-state index contributed by atoms with van der Waals surface area (Å²) >= 11 is 3.47. The van der Waals surface area contributed by atoms with Crippen molar-refractivity contribution in [2.45, 2.75) is 32.6 Å². The first-order chi connectivity index (χ1) is 12.7. The summed E-state index contributed by atoms with van der Waals surface area (Å²) in [6, 6.07) is 18.2. The molecule has 132 valence electrons. The highest BCUT2D eigenvalue weighted by molar-refractivity contribution is 9.10. The van der Waals surface area contributed by atoms with E-state index in [2.05, 4.69) is 47.1 Å². The summed E-state index contributed by atoms with van der Waals surface area (Å²) in [6.07, 6.45) is 4.62. The van der Waals surface area contributed by atoms with Crippen LogP contribution in [0.15, 0.2) is 63.5 Å². The van der Waals surface area contributed by atoms with Gasteiger partial charge in [0.15, 0.2) is 0 Å². The molecule has 0 saturated carbocycles. The van der Waals surface area contributed by atoms with Crippen LogP contribution in [-0.4, -0.2) is 5.11 Å². The van der Waals surface area contributed by atoms with E-state index >= 15 is 0 Å². The number of hydrogen-bond acceptors (Lipinski definition) is 2. The largest absolute Gasteiger partial charge is 0.507 e. The van der Waals surface area contributed by atoms with Crippen LogP contribution in [0.25, 0.3) is 33.1 Å². The molecule has 0 aliphatic rings. The van der Waals surface area contributed by atoms with Gasteiger partial charge in [-0.05, 0) is 57.7 Å². The fourth-order valence-electron chi connectivity index (χ4n) is 3.55. The first-order valence-electron chi connectivity index (χ1n) is 9.11. The zero-order valence-electron chi connectivity index (χ0n) is 14.8. The molecule has 0 atom stereocenters. The van der Waals surface area contributed by atoms with Gasteiger partial charge in [0.05, 0.1) is 4.47 Å². The minimum absolute atomic E-state index is 0.259. The van der Waals surface area contributed by atoms with Gasteiger partial charge in [0, 0.05) is 16.5 Å². The van der Waals surface area contributed by atoms with E-state index in [0.717, 1.165) is 38.6 Å². The summed E-state index contributed by atoms with van der Waals surface area (Å²) in [4.78, 5) is 0. The van der Waals surface area contributed by atoms with Crippen LogP contribution in [0.3, 0.4) is 0 Å². The van der Waals surface area contributed by atoms with Crippen molar-refractivity contribution >= 4 is 37.7 Å². The highest BCUT2D eigenvalue weighted by atomic mass is 79.9. The Morgan fingerprint density at radius 1 is 0.962 bits per heavy atom. The summed E-state index contributed by atoms with van der Waals surface area (Å²) in [5, 5.41) is 13.2. The molecule has 0 amide bonds. The average molecular weight is 409 g/mol. The number of aryl methyl sites for hydroxylation is 1. The molecule has 3 aromatic carbocycles. The van der Waals surface area contributed by atoms with Crippen molar-refractivity contribution in [1.29, 1.82) is 0 Å². The number of hydrogen-bond donors (Lipinski definition) is 1. The number of aromatic hydroxyl groups is 1. The average Bonchev–Trinajstić information content (AvgIpc) is 3.04. The number of phenols is 1. The van der Waals surface area contributed by atoms with E-state index in [-0.39, 0.29) is 5.75 Å². The van der Waals surface area contributed by atoms with Crippen molar-refractivity contribution in [1.82, 2.24) is 0 Å². The Labute approximate surface area is 161 Å². The molecule has 3 heteroatoms. The van der Waals surface area contributed by atoms with Gasteiger partial charge in [-0.25, -0.2) is 0 Å². The molecular formula is C23H21BrO2. The van der Waals surface area contributed by atoms with Crippen LogP contribution in [0, 0.1) is 0 Å². The Hall–Kier alpha value is -2.26. The van der Waals surface area contributed by atoms with Crippen molar-refractivity contribution in [2.75, 3.05) is 0 Å². The van der Waals surface area contributed by atoms with Crippen molar-refractivity contribution in [3.05, 3.63) is 64.6 Å². The number of halogens is 1. The van der Waals surface area contributed by atoms with Gasteiger partial charge < -0.3 is 9.52 Å². The van der Waals surface area contributed by atoms with Crippen LogP contribution in [0.4, 0.5) is 0 Å². The number of unbranched alkanes of at least 4 members (excludes halogenated alkanes) is 2. The van der Waals surface area contributed by atoms with Gasteiger partial charge in [-0.1, -0.05) is 56.2 Å². The predicted molar refractivity (Wildman–Crippen MR) is 112 cm³/mol. The summed E-state index contributed by atoms with van der Waals surface area (Å²) in [6.45, 7) is 2.23. The maximum Gasteiger partial charge on any atom is 0.138 e. The van der Waals surface area contributed by atoms with Crippen LogP contribution in [-0.2, 0) is 6.42 Å². The van der Waals surface area contributed by atoms with E-state index in [9.17, 15) is 5.11 Å². The monoisotopic (exact) mass is 408 g/mol. The fourth-order valence-corrected chi connectivity index (χ4v) is 4.05. The highest BCUT2D eigenvalue weighted by Gasteiger charge is 2.16. The van der Waals surface area contributed by atoms with Crippen molar-refractivity contribution in [2.24, 2.45) is 0 Å². The molecule has 0 unspecified atom stereocenters. The van der Waals surface area contributed by atoms with Crippen molar-refractivity contribution < 1.29 is 9.52 Å². The zero-order valence-corrected chi connectivity index (χ0v) is 16.3. The Morgan fingerprint density at radius 3 is 2.65 bits per heavy atom. The summed E-state index contributed by atoms with van der Waals surface area (Å²) < 4.78 is 6.99. The van der Waals surface area contributed by atoms with Gasteiger partial charge in [-0.15, -0.1) is 0 Å². The lowest BCUT2D eigenvalue weighted by molar-refractivity contribution is 0.473. The minimum Gasteiger partial charge on any atom is -0.507 e. The number of benzene rings is 3. The number of furan rings is 1. The molecule has 1 aromatic heterocycles. The molecule has 1 heterocycles. The molecule has 1 N–H and O–H groups in total. The van der Waals surface area contributed by atoms with E-state index in [1.165, 1.54) is 30.2 Å². The second-order valence-electron chi connectivity index (χ2n) is 6.70. The summed E-state index contributed by atoms with van der Waals surface area (Å²) in [5.41, 5.74) is 3.32. The molecule has 0 saturated heterocycles. The first-order valence-corrected chi connectivity index (χ1v) is 9.90. The van der Waals surface area contributed by atoms with Crippen LogP contribution in [0.2, 0.25) is 0 Å². The SMILES string of the molecule is CCCCCc1c(-c2ccc3c(Br)c(O)ccc3c2)oc2ccccc12. The lowest BCUT2D eigenvalue weighted by Gasteiger charge is -2.07. The molecule has 0 fully saturated rings. The van der Waals surface area contributed by atoms with Crippen LogP contribution in [0.1, 0.15) is 31.7 Å². The molecule has 0 aliphatic heterocycles. The Kier molecular flexibility index (Phi) is 4.73. The van der Waals surface area contributed by atoms with E-state index in [4.69, 9.17) is 4.42 Å². The molecule has 0 bridgehead atoms. The van der Waals surface area contributed by atoms with Crippen molar-refractivity contribution in [3.8, 4) is 17.1 Å². The molecule has 4 aromatic rings. The molecule has 0 spiro atoms. The lowest BCUT2D eigenvalue weighted by atomic mass is 9.98. The number of rotatable bonds is 5. The van der Waals surface area contributed by atoms with Crippen LogP contribution >= 0.6 is 15.9 Å². The molecule has 0 aliphatic carbocycles. The van der Waals surface area contributed by atoms with Crippen LogP contribution in [0.5, 0.6) is 5.75 Å². The quantitative estimate of drug-likeness (QED) is 0.347. The van der Waals surface area contributed by atoms with Gasteiger partial charge in [0.25, 0.3) is 0 Å². The molecule has 0 radical (unpaired) electrons. The van der Waals surface area contributed by atoms with Gasteiger partial charge >= 0.3 is 0 Å². The van der Waals surface area contributed by atoms with E-state index in [1.54, 1.807) is 6.07 Å². The van der Waals surface area contributed by atoms with E-state index < -0.39 is 0 Å². The first kappa shape index (κ1) is 17.2. The van der Waals surface area contributed by atoms with Gasteiger partial charge in [0.1, 0.15) is 17.1 Å². The fraction of sp³-hybridized carbons (Fsp3) is 0.217. The molecular weight excluding hydrogens is 388 g/mol. The Morgan fingerprint density at radius 2 is 1.81 bits per heavy atom. The number of phenolic OH excluding ortho intramolecular Hbond substituents is 1. The van der Waals surface area contributed by atoms with Crippen molar-refractivity contribution in [3.63, 3.8) is 0 Å². The Bertz CT molecular complexity index is 1080. The second kappa shape index (κ2) is 7.16. The second-order valence-corrected chi connectivity index (χ2v) is 7.49. The van der Waals surface area contributed by atoms with Gasteiger partial charge in [0.2, 0.25) is 0 Å². The maximum atomic E-state index is 9.90. The minimum atomic E-state index is 0.259. The molecule has 4 rings (SSSR count). The third kappa shape index (κ3) is 3.01. The third-order valence-electron chi connectivity index (χ3n) is 4.92. The number of para-hydroxylation sites is 1. The predicted octanol–water partition coefficient (Wildman–Crippen LogP) is 7.45. The van der Waals surface area contributed by atoms with E-state index in [0.29, 0.717) is 0 Å². The third-order valence-corrected chi connectivity index (χ3v) is 5.76. The standard InChI is InChI=1S/C23H21BrO2/c1-2-3-4-8-19-18-7-5-6-9-21(18)26-23(19)16-10-12-17-15(14-16)11-13-20(25)22(17)24/h5-7,9-14,25H,2-4,8H2,1H3. The summed E-state index contributed by atoms with van der Waals surface area (Å²) in [5.74, 6) is 1.22. The van der Waals surface area contributed by atoms with E-state index in [1.807, 2.05) is 24.3 Å². The topological polar surface area (TPSA) is 33.4 Å².